The third-order valence-corrected chi connectivity index (χ3v) is 2.27. The van der Waals surface area contributed by atoms with Gasteiger partial charge in [0.25, 0.3) is 0 Å². The van der Waals surface area contributed by atoms with E-state index in [9.17, 15) is 13.2 Å². The van der Waals surface area contributed by atoms with Crippen LogP contribution >= 0.6 is 0 Å². The van der Waals surface area contributed by atoms with Crippen LogP contribution in [0.2, 0.25) is 0 Å². The standard InChI is InChI=1S/C7H12O5S/c1-3-5-7(13(9,10)11)12-6(8)4-2/h4,7H,2-3,5H2,1H3,(H,9,10,11). The van der Waals surface area contributed by atoms with Crippen molar-refractivity contribution in [1.29, 1.82) is 0 Å². The van der Waals surface area contributed by atoms with Gasteiger partial charge in [-0.25, -0.2) is 4.79 Å². The van der Waals surface area contributed by atoms with Gasteiger partial charge < -0.3 is 4.74 Å². The Kier molecular flexibility index (Phi) is 4.64. The zero-order valence-electron chi connectivity index (χ0n) is 7.26. The number of hydrogen-bond acceptors (Lipinski definition) is 4. The Morgan fingerprint density at radius 1 is 1.69 bits per heavy atom. The highest BCUT2D eigenvalue weighted by atomic mass is 32.2. The lowest BCUT2D eigenvalue weighted by molar-refractivity contribution is -0.139. The molecule has 0 aliphatic heterocycles. The number of ether oxygens (including phenoxy) is 1. The summed E-state index contributed by atoms with van der Waals surface area (Å²) in [5.41, 5.74) is -1.48. The van der Waals surface area contributed by atoms with Crippen LogP contribution in [0.3, 0.4) is 0 Å². The van der Waals surface area contributed by atoms with Gasteiger partial charge in [0.1, 0.15) is 0 Å². The van der Waals surface area contributed by atoms with Gasteiger partial charge in [0.15, 0.2) is 0 Å². The lowest BCUT2D eigenvalue weighted by atomic mass is 10.3. The molecule has 0 spiro atoms. The van der Waals surface area contributed by atoms with E-state index in [1.807, 2.05) is 0 Å². The van der Waals surface area contributed by atoms with Crippen molar-refractivity contribution in [2.75, 3.05) is 0 Å². The molecule has 6 heteroatoms. The first kappa shape index (κ1) is 12.1. The van der Waals surface area contributed by atoms with Crippen molar-refractivity contribution in [3.8, 4) is 0 Å². The van der Waals surface area contributed by atoms with E-state index in [1.54, 1.807) is 6.92 Å². The lowest BCUT2D eigenvalue weighted by Crippen LogP contribution is -2.26. The predicted octanol–water partition coefficient (Wildman–Crippen LogP) is 0.730. The van der Waals surface area contributed by atoms with Crippen molar-refractivity contribution < 1.29 is 22.5 Å². The second-order valence-electron chi connectivity index (χ2n) is 2.37. The monoisotopic (exact) mass is 208 g/mol. The summed E-state index contributed by atoms with van der Waals surface area (Å²) >= 11 is 0. The molecular weight excluding hydrogens is 196 g/mol. The molecular formula is C7H12O5S. The lowest BCUT2D eigenvalue weighted by Gasteiger charge is -2.12. The molecule has 0 aromatic rings. The molecule has 0 rings (SSSR count). The molecule has 0 heterocycles. The number of hydrogen-bond donors (Lipinski definition) is 1. The SMILES string of the molecule is C=CC(=O)OC(CCC)S(=O)(=O)O. The summed E-state index contributed by atoms with van der Waals surface area (Å²) in [6, 6.07) is 0. The maximum atomic E-state index is 10.6. The van der Waals surface area contributed by atoms with Gasteiger partial charge in [-0.1, -0.05) is 19.9 Å². The van der Waals surface area contributed by atoms with E-state index >= 15 is 0 Å². The molecule has 0 aliphatic rings. The highest BCUT2D eigenvalue weighted by Gasteiger charge is 2.25. The molecule has 0 fully saturated rings. The van der Waals surface area contributed by atoms with Gasteiger partial charge in [0.2, 0.25) is 5.44 Å². The minimum absolute atomic E-state index is 0.0679. The van der Waals surface area contributed by atoms with Crippen LogP contribution in [0.4, 0.5) is 0 Å². The molecule has 0 aromatic carbocycles. The molecule has 1 N–H and O–H groups in total. The van der Waals surface area contributed by atoms with E-state index in [-0.39, 0.29) is 6.42 Å². The molecule has 1 atom stereocenters. The Bertz CT molecular complexity index is 279. The Morgan fingerprint density at radius 3 is 2.54 bits per heavy atom. The number of carbonyl (C=O) groups is 1. The maximum absolute atomic E-state index is 10.6. The van der Waals surface area contributed by atoms with E-state index in [4.69, 9.17) is 4.55 Å². The molecule has 0 radical (unpaired) electrons. The van der Waals surface area contributed by atoms with Crippen molar-refractivity contribution in [2.24, 2.45) is 0 Å². The first-order chi connectivity index (χ1) is 5.91. The predicted molar refractivity (Wildman–Crippen MR) is 46.5 cm³/mol. The smallest absolute Gasteiger partial charge is 0.331 e. The summed E-state index contributed by atoms with van der Waals surface area (Å²) in [6.45, 7) is 4.81. The van der Waals surface area contributed by atoms with Gasteiger partial charge >= 0.3 is 16.1 Å². The number of rotatable bonds is 5. The average Bonchev–Trinajstić information content (AvgIpc) is 2.01. The summed E-state index contributed by atoms with van der Waals surface area (Å²) in [7, 11) is -4.32. The molecule has 0 bridgehead atoms. The molecule has 0 saturated heterocycles. The van der Waals surface area contributed by atoms with Crippen LogP contribution in [0.15, 0.2) is 12.7 Å². The van der Waals surface area contributed by atoms with Crippen LogP contribution < -0.4 is 0 Å². The van der Waals surface area contributed by atoms with Gasteiger partial charge in [-0.05, 0) is 0 Å². The van der Waals surface area contributed by atoms with E-state index < -0.39 is 21.5 Å². The summed E-state index contributed by atoms with van der Waals surface area (Å²) in [4.78, 5) is 10.6. The summed E-state index contributed by atoms with van der Waals surface area (Å²) in [5.74, 6) is -0.865. The fourth-order valence-electron chi connectivity index (χ4n) is 0.682. The van der Waals surface area contributed by atoms with Crippen LogP contribution in [-0.2, 0) is 19.6 Å². The fourth-order valence-corrected chi connectivity index (χ4v) is 1.43. The van der Waals surface area contributed by atoms with Gasteiger partial charge in [-0.15, -0.1) is 0 Å². The van der Waals surface area contributed by atoms with Gasteiger partial charge in [-0.2, -0.15) is 8.42 Å². The fraction of sp³-hybridized carbons (Fsp3) is 0.571. The first-order valence-electron chi connectivity index (χ1n) is 3.71. The topological polar surface area (TPSA) is 80.7 Å². The Labute approximate surface area is 77.1 Å². The van der Waals surface area contributed by atoms with Crippen molar-refractivity contribution in [2.45, 2.75) is 25.2 Å². The molecule has 0 aliphatic carbocycles. The normalized spacial score (nSPS) is 13.4. The second-order valence-corrected chi connectivity index (χ2v) is 3.93. The van der Waals surface area contributed by atoms with Crippen LogP contribution in [0.5, 0.6) is 0 Å². The maximum Gasteiger partial charge on any atom is 0.331 e. The van der Waals surface area contributed by atoms with Gasteiger partial charge in [0, 0.05) is 12.5 Å². The summed E-state index contributed by atoms with van der Waals surface area (Å²) < 4.78 is 34.3. The van der Waals surface area contributed by atoms with E-state index in [1.165, 1.54) is 0 Å². The van der Waals surface area contributed by atoms with Crippen LogP contribution in [0.1, 0.15) is 19.8 Å². The molecule has 0 amide bonds. The third kappa shape index (κ3) is 4.64. The summed E-state index contributed by atoms with van der Waals surface area (Å²) in [5, 5.41) is 0. The minimum atomic E-state index is -4.32. The highest BCUT2D eigenvalue weighted by Crippen LogP contribution is 2.09. The van der Waals surface area contributed by atoms with Crippen LogP contribution in [0.25, 0.3) is 0 Å². The second kappa shape index (κ2) is 4.98. The van der Waals surface area contributed by atoms with E-state index in [2.05, 4.69) is 11.3 Å². The van der Waals surface area contributed by atoms with Crippen molar-refractivity contribution in [1.82, 2.24) is 0 Å². The van der Waals surface area contributed by atoms with Gasteiger partial charge in [-0.3, -0.25) is 4.55 Å². The van der Waals surface area contributed by atoms with Crippen molar-refractivity contribution in [3.63, 3.8) is 0 Å². The molecule has 1 unspecified atom stereocenters. The Hall–Kier alpha value is -0.880. The zero-order valence-corrected chi connectivity index (χ0v) is 8.08. The molecule has 76 valence electrons. The van der Waals surface area contributed by atoms with E-state index in [0.29, 0.717) is 6.42 Å². The van der Waals surface area contributed by atoms with Crippen LogP contribution in [0, 0.1) is 0 Å². The largest absolute Gasteiger partial charge is 0.440 e. The summed E-state index contributed by atoms with van der Waals surface area (Å²) in [6.07, 6.45) is 1.39. The Balaban J connectivity index is 4.44. The number of carbonyl (C=O) groups excluding carboxylic acids is 1. The van der Waals surface area contributed by atoms with Crippen molar-refractivity contribution in [3.05, 3.63) is 12.7 Å². The van der Waals surface area contributed by atoms with Crippen molar-refractivity contribution >= 4 is 16.1 Å². The third-order valence-electron chi connectivity index (χ3n) is 1.27. The highest BCUT2D eigenvalue weighted by molar-refractivity contribution is 7.86. The quantitative estimate of drug-likeness (QED) is 0.409. The molecule has 5 nitrogen and oxygen atoms in total. The Morgan fingerprint density at radius 2 is 2.23 bits per heavy atom. The number of esters is 1. The first-order valence-corrected chi connectivity index (χ1v) is 5.21. The zero-order chi connectivity index (χ0) is 10.5. The molecule has 0 saturated carbocycles. The molecule has 13 heavy (non-hydrogen) atoms. The van der Waals surface area contributed by atoms with E-state index in [0.717, 1.165) is 6.08 Å². The van der Waals surface area contributed by atoms with Crippen LogP contribution in [-0.4, -0.2) is 24.4 Å². The molecule has 0 aromatic heterocycles. The minimum Gasteiger partial charge on any atom is -0.440 e. The van der Waals surface area contributed by atoms with Gasteiger partial charge in [0.05, 0.1) is 0 Å². The average molecular weight is 208 g/mol.